The first-order chi connectivity index (χ1) is 8.19. The number of hydrogen-bond acceptors (Lipinski definition) is 2. The standard InChI is InChI=1S/C15H30N2/c1-4-13-8-15(11-17(10-13)12(2)3)16-9-14-6-5-7-14/h12-16H,4-11H2,1-3H3. The normalized spacial score (nSPS) is 31.8. The number of piperidine rings is 1. The van der Waals surface area contributed by atoms with Gasteiger partial charge in [0.1, 0.15) is 0 Å². The second-order valence-electron chi connectivity index (χ2n) is 6.46. The molecule has 1 aliphatic heterocycles. The molecule has 1 saturated carbocycles. The van der Waals surface area contributed by atoms with E-state index >= 15 is 0 Å². The molecule has 2 rings (SSSR count). The Labute approximate surface area is 107 Å². The van der Waals surface area contributed by atoms with E-state index in [1.54, 1.807) is 0 Å². The lowest BCUT2D eigenvalue weighted by atomic mass is 9.84. The molecule has 2 heteroatoms. The van der Waals surface area contributed by atoms with E-state index < -0.39 is 0 Å². The molecule has 0 aromatic heterocycles. The third-order valence-electron chi connectivity index (χ3n) is 4.79. The van der Waals surface area contributed by atoms with Crippen molar-refractivity contribution in [3.63, 3.8) is 0 Å². The SMILES string of the molecule is CCC1CC(NCC2CCC2)CN(C(C)C)C1. The van der Waals surface area contributed by atoms with E-state index in [2.05, 4.69) is 31.0 Å². The van der Waals surface area contributed by atoms with Crippen LogP contribution >= 0.6 is 0 Å². The Bertz CT molecular complexity index is 223. The van der Waals surface area contributed by atoms with Gasteiger partial charge < -0.3 is 5.32 Å². The van der Waals surface area contributed by atoms with Crippen LogP contribution in [0.1, 0.15) is 52.9 Å². The maximum Gasteiger partial charge on any atom is 0.0198 e. The summed E-state index contributed by atoms with van der Waals surface area (Å²) in [5.41, 5.74) is 0. The van der Waals surface area contributed by atoms with Crippen molar-refractivity contribution >= 4 is 0 Å². The highest BCUT2D eigenvalue weighted by Gasteiger charge is 2.28. The molecular weight excluding hydrogens is 208 g/mol. The van der Waals surface area contributed by atoms with Crippen LogP contribution in [-0.4, -0.2) is 36.6 Å². The Morgan fingerprint density at radius 3 is 2.47 bits per heavy atom. The van der Waals surface area contributed by atoms with E-state index in [-0.39, 0.29) is 0 Å². The zero-order valence-corrected chi connectivity index (χ0v) is 11.9. The number of nitrogens with one attached hydrogen (secondary N) is 1. The van der Waals surface area contributed by atoms with Crippen molar-refractivity contribution in [3.05, 3.63) is 0 Å². The van der Waals surface area contributed by atoms with Gasteiger partial charge in [-0.05, 0) is 51.5 Å². The molecule has 0 aromatic rings. The van der Waals surface area contributed by atoms with Crippen LogP contribution in [0.5, 0.6) is 0 Å². The summed E-state index contributed by atoms with van der Waals surface area (Å²) in [5.74, 6) is 1.90. The minimum absolute atomic E-state index is 0.706. The molecule has 2 aliphatic rings. The van der Waals surface area contributed by atoms with Crippen LogP contribution in [0.25, 0.3) is 0 Å². The van der Waals surface area contributed by atoms with Crippen molar-refractivity contribution in [2.45, 2.75) is 65.0 Å². The van der Waals surface area contributed by atoms with Gasteiger partial charge in [0, 0.05) is 25.2 Å². The molecule has 2 unspecified atom stereocenters. The molecule has 0 bridgehead atoms. The smallest absolute Gasteiger partial charge is 0.0198 e. The fourth-order valence-electron chi connectivity index (χ4n) is 3.14. The summed E-state index contributed by atoms with van der Waals surface area (Å²) < 4.78 is 0. The monoisotopic (exact) mass is 238 g/mol. The zero-order chi connectivity index (χ0) is 12.3. The lowest BCUT2D eigenvalue weighted by molar-refractivity contribution is 0.105. The summed E-state index contributed by atoms with van der Waals surface area (Å²) in [5, 5.41) is 3.83. The maximum atomic E-state index is 3.83. The van der Waals surface area contributed by atoms with E-state index in [0.29, 0.717) is 6.04 Å². The first-order valence-electron chi connectivity index (χ1n) is 7.66. The van der Waals surface area contributed by atoms with Crippen molar-refractivity contribution in [3.8, 4) is 0 Å². The van der Waals surface area contributed by atoms with Crippen molar-refractivity contribution in [2.75, 3.05) is 19.6 Å². The second kappa shape index (κ2) is 6.19. The van der Waals surface area contributed by atoms with Crippen molar-refractivity contribution in [1.82, 2.24) is 10.2 Å². The summed E-state index contributed by atoms with van der Waals surface area (Å²) in [6, 6.07) is 1.45. The third kappa shape index (κ3) is 3.69. The van der Waals surface area contributed by atoms with Crippen molar-refractivity contribution in [1.29, 1.82) is 0 Å². The molecule has 1 heterocycles. The van der Waals surface area contributed by atoms with Gasteiger partial charge in [-0.15, -0.1) is 0 Å². The van der Waals surface area contributed by atoms with Gasteiger partial charge >= 0.3 is 0 Å². The minimum Gasteiger partial charge on any atom is -0.312 e. The van der Waals surface area contributed by atoms with Crippen molar-refractivity contribution in [2.24, 2.45) is 11.8 Å². The van der Waals surface area contributed by atoms with Crippen LogP contribution in [0.4, 0.5) is 0 Å². The summed E-state index contributed by atoms with van der Waals surface area (Å²) in [7, 11) is 0. The largest absolute Gasteiger partial charge is 0.312 e. The molecule has 2 atom stereocenters. The highest BCUT2D eigenvalue weighted by atomic mass is 15.2. The first-order valence-corrected chi connectivity index (χ1v) is 7.66. The lowest BCUT2D eigenvalue weighted by Gasteiger charge is -2.41. The molecule has 1 saturated heterocycles. The third-order valence-corrected chi connectivity index (χ3v) is 4.79. The van der Waals surface area contributed by atoms with Crippen LogP contribution < -0.4 is 5.32 Å². The van der Waals surface area contributed by atoms with Gasteiger partial charge in [0.2, 0.25) is 0 Å². The van der Waals surface area contributed by atoms with Gasteiger partial charge in [-0.3, -0.25) is 4.90 Å². The van der Waals surface area contributed by atoms with Crippen LogP contribution in [0, 0.1) is 11.8 Å². The van der Waals surface area contributed by atoms with Crippen LogP contribution in [0.15, 0.2) is 0 Å². The quantitative estimate of drug-likeness (QED) is 0.792. The Morgan fingerprint density at radius 1 is 1.18 bits per heavy atom. The van der Waals surface area contributed by atoms with Crippen molar-refractivity contribution < 1.29 is 0 Å². The van der Waals surface area contributed by atoms with Gasteiger partial charge in [0.25, 0.3) is 0 Å². The molecule has 2 nitrogen and oxygen atoms in total. The summed E-state index contributed by atoms with van der Waals surface area (Å²) in [6.45, 7) is 10.9. The molecular formula is C15H30N2. The molecule has 17 heavy (non-hydrogen) atoms. The van der Waals surface area contributed by atoms with E-state index in [9.17, 15) is 0 Å². The molecule has 1 N–H and O–H groups in total. The number of rotatable bonds is 5. The van der Waals surface area contributed by atoms with Crippen LogP contribution in [-0.2, 0) is 0 Å². The highest BCUT2D eigenvalue weighted by molar-refractivity contribution is 4.85. The van der Waals surface area contributed by atoms with Gasteiger partial charge in [-0.1, -0.05) is 19.8 Å². The molecule has 0 spiro atoms. The van der Waals surface area contributed by atoms with Crippen LogP contribution in [0.2, 0.25) is 0 Å². The Hall–Kier alpha value is -0.0800. The Kier molecular flexibility index (Phi) is 4.87. The Balaban J connectivity index is 1.78. The van der Waals surface area contributed by atoms with Gasteiger partial charge in [-0.25, -0.2) is 0 Å². The van der Waals surface area contributed by atoms with E-state index in [0.717, 1.165) is 17.9 Å². The average molecular weight is 238 g/mol. The second-order valence-corrected chi connectivity index (χ2v) is 6.46. The number of nitrogens with zero attached hydrogens (tertiary/aromatic N) is 1. The topological polar surface area (TPSA) is 15.3 Å². The minimum atomic E-state index is 0.706. The number of hydrogen-bond donors (Lipinski definition) is 1. The lowest BCUT2D eigenvalue weighted by Crippen LogP contribution is -2.52. The fourth-order valence-corrected chi connectivity index (χ4v) is 3.14. The fraction of sp³-hybridized carbons (Fsp3) is 1.00. The maximum absolute atomic E-state index is 3.83. The number of likely N-dealkylation sites (tertiary alicyclic amines) is 1. The van der Waals surface area contributed by atoms with E-state index in [4.69, 9.17) is 0 Å². The first kappa shape index (κ1) is 13.4. The molecule has 100 valence electrons. The van der Waals surface area contributed by atoms with E-state index in [1.807, 2.05) is 0 Å². The van der Waals surface area contributed by atoms with Gasteiger partial charge in [-0.2, -0.15) is 0 Å². The molecule has 2 fully saturated rings. The molecule has 1 aliphatic carbocycles. The molecule has 0 aromatic carbocycles. The summed E-state index contributed by atoms with van der Waals surface area (Å²) in [4.78, 5) is 2.66. The molecule has 0 amide bonds. The predicted octanol–water partition coefficient (Wildman–Crippen LogP) is 2.89. The van der Waals surface area contributed by atoms with E-state index in [1.165, 1.54) is 51.7 Å². The predicted molar refractivity (Wildman–Crippen MR) is 74.2 cm³/mol. The van der Waals surface area contributed by atoms with Crippen LogP contribution in [0.3, 0.4) is 0 Å². The summed E-state index contributed by atoms with van der Waals surface area (Å²) >= 11 is 0. The zero-order valence-electron chi connectivity index (χ0n) is 11.9. The van der Waals surface area contributed by atoms with Gasteiger partial charge in [0.15, 0.2) is 0 Å². The molecule has 0 radical (unpaired) electrons. The average Bonchev–Trinajstić information content (AvgIpc) is 2.26. The van der Waals surface area contributed by atoms with Gasteiger partial charge in [0.05, 0.1) is 0 Å². The highest BCUT2D eigenvalue weighted by Crippen LogP contribution is 2.26. The Morgan fingerprint density at radius 2 is 1.94 bits per heavy atom. The summed E-state index contributed by atoms with van der Waals surface area (Å²) in [6.07, 6.45) is 7.12.